The molecule has 0 spiro atoms. The lowest BCUT2D eigenvalue weighted by Crippen LogP contribution is -2.28. The van der Waals surface area contributed by atoms with Crippen molar-refractivity contribution in [3.63, 3.8) is 0 Å². The zero-order valence-corrected chi connectivity index (χ0v) is 10.5. The van der Waals surface area contributed by atoms with Crippen LogP contribution in [0.25, 0.3) is 0 Å². The molecule has 106 valence electrons. The van der Waals surface area contributed by atoms with Crippen LogP contribution in [0.5, 0.6) is 0 Å². The highest BCUT2D eigenvalue weighted by Crippen LogP contribution is 2.43. The summed E-state index contributed by atoms with van der Waals surface area (Å²) in [7, 11) is 0. The van der Waals surface area contributed by atoms with Gasteiger partial charge in [0.15, 0.2) is 0 Å². The van der Waals surface area contributed by atoms with Gasteiger partial charge in [0.25, 0.3) is 11.2 Å². The first-order valence-corrected chi connectivity index (χ1v) is 6.18. The molecule has 7 nitrogen and oxygen atoms in total. The third-order valence-corrected chi connectivity index (χ3v) is 3.79. The first kappa shape index (κ1) is 13.4. The highest BCUT2D eigenvalue weighted by Gasteiger charge is 2.61. The minimum Gasteiger partial charge on any atom is -0.365 e. The van der Waals surface area contributed by atoms with Crippen molar-refractivity contribution in [2.75, 3.05) is 0 Å². The summed E-state index contributed by atoms with van der Waals surface area (Å²) >= 11 is 0. The normalized spacial score (nSPS) is 32.3. The van der Waals surface area contributed by atoms with Crippen molar-refractivity contribution in [3.8, 4) is 0 Å². The van der Waals surface area contributed by atoms with Crippen molar-refractivity contribution in [3.05, 3.63) is 55.0 Å². The van der Waals surface area contributed by atoms with E-state index in [0.717, 1.165) is 12.1 Å². The number of rotatable bonds is 0. The highest BCUT2D eigenvalue weighted by molar-refractivity contribution is 6.68. The number of Topliss-reactive ketones (excluding diaryl/α,β-unsaturated/α-hetero) is 3. The van der Waals surface area contributed by atoms with E-state index in [-0.39, 0.29) is 12.2 Å². The Hall–Kier alpha value is -2.54. The fourth-order valence-electron chi connectivity index (χ4n) is 2.78. The monoisotopic (exact) mass is 288 g/mol. The summed E-state index contributed by atoms with van der Waals surface area (Å²) in [6, 6.07) is 1.95. The summed E-state index contributed by atoms with van der Waals surface area (Å²) in [4.78, 5) is 64.1. The van der Waals surface area contributed by atoms with Crippen LogP contribution in [-0.4, -0.2) is 29.6 Å². The Balaban J connectivity index is 0.000000143. The predicted molar refractivity (Wildman–Crippen MR) is 67.4 cm³/mol. The summed E-state index contributed by atoms with van der Waals surface area (Å²) in [5.74, 6) is -3.00. The number of fused-ring (bicyclic) bond motifs is 5. The van der Waals surface area contributed by atoms with Gasteiger partial charge in [-0.2, -0.15) is 0 Å². The number of carbonyl (C=O) groups is 3. The van der Waals surface area contributed by atoms with Crippen LogP contribution in [0.15, 0.2) is 38.7 Å². The zero-order valence-electron chi connectivity index (χ0n) is 10.5. The van der Waals surface area contributed by atoms with Gasteiger partial charge in [-0.3, -0.25) is 28.8 Å². The summed E-state index contributed by atoms with van der Waals surface area (Å²) in [6.07, 6.45) is 2.85. The quantitative estimate of drug-likeness (QED) is 0.398. The second-order valence-corrected chi connectivity index (χ2v) is 4.95. The van der Waals surface area contributed by atoms with Gasteiger partial charge in [-0.1, -0.05) is 12.2 Å². The number of carbonyl (C=O) groups excluding carboxylic acids is 3. The fraction of sp³-hybridized carbons (Fsp3) is 0.286. The van der Waals surface area contributed by atoms with Gasteiger partial charge in [0.2, 0.25) is 22.4 Å². The lowest BCUT2D eigenvalue weighted by Gasteiger charge is -2.11. The Labute approximate surface area is 116 Å². The van der Waals surface area contributed by atoms with Crippen LogP contribution in [0.2, 0.25) is 0 Å². The van der Waals surface area contributed by atoms with E-state index in [1.165, 1.54) is 0 Å². The maximum atomic E-state index is 11.3. The van der Waals surface area contributed by atoms with Crippen LogP contribution in [-0.2, 0) is 19.1 Å². The van der Waals surface area contributed by atoms with E-state index in [1.54, 1.807) is 12.2 Å². The van der Waals surface area contributed by atoms with E-state index in [2.05, 4.69) is 0 Å². The van der Waals surface area contributed by atoms with Gasteiger partial charge in [0.1, 0.15) is 0 Å². The lowest BCUT2D eigenvalue weighted by atomic mass is 9.85. The van der Waals surface area contributed by atoms with Crippen molar-refractivity contribution in [1.29, 1.82) is 0 Å². The Morgan fingerprint density at radius 1 is 0.714 bits per heavy atom. The maximum absolute atomic E-state index is 11.3. The van der Waals surface area contributed by atoms with Crippen LogP contribution in [0.4, 0.5) is 0 Å². The smallest absolute Gasteiger partial charge is 0.272 e. The molecule has 2 fully saturated rings. The molecule has 1 aliphatic carbocycles. The first-order chi connectivity index (χ1) is 9.91. The van der Waals surface area contributed by atoms with Gasteiger partial charge < -0.3 is 4.74 Å². The molecule has 21 heavy (non-hydrogen) atoms. The second-order valence-electron chi connectivity index (χ2n) is 4.95. The molecule has 2 bridgehead atoms. The molecule has 2 heterocycles. The third kappa shape index (κ3) is 1.85. The van der Waals surface area contributed by atoms with E-state index < -0.39 is 45.5 Å². The van der Waals surface area contributed by atoms with Crippen LogP contribution < -0.4 is 16.3 Å². The van der Waals surface area contributed by atoms with Crippen LogP contribution in [0.1, 0.15) is 0 Å². The van der Waals surface area contributed by atoms with Gasteiger partial charge in [0, 0.05) is 0 Å². The molecule has 0 amide bonds. The van der Waals surface area contributed by atoms with Gasteiger partial charge in [0.05, 0.1) is 24.0 Å². The van der Waals surface area contributed by atoms with Crippen LogP contribution >= 0.6 is 0 Å². The molecule has 1 aromatic rings. The lowest BCUT2D eigenvalue weighted by molar-refractivity contribution is -0.142. The minimum absolute atomic E-state index is 0.335. The van der Waals surface area contributed by atoms with E-state index in [1.807, 2.05) is 0 Å². The molecule has 7 heteroatoms. The summed E-state index contributed by atoms with van der Waals surface area (Å²) in [5.41, 5.74) is -2.35. The molecule has 2 aliphatic heterocycles. The Morgan fingerprint density at radius 3 is 1.48 bits per heavy atom. The van der Waals surface area contributed by atoms with Crippen molar-refractivity contribution in [2.24, 2.45) is 11.8 Å². The standard InChI is InChI=1S/C9H6O4.C5H2O3/c10-7-5-3-1-2-4(13-3)6(5)8(11)9(7)12;6-3-1-2-4(7)5(3)8/h1-6H;1-2H. The zero-order chi connectivity index (χ0) is 15.3. The topological polar surface area (TPSA) is 112 Å². The van der Waals surface area contributed by atoms with Crippen molar-refractivity contribution in [2.45, 2.75) is 12.2 Å². The van der Waals surface area contributed by atoms with Gasteiger partial charge in [-0.25, -0.2) is 0 Å². The first-order valence-electron chi connectivity index (χ1n) is 6.18. The average molecular weight is 288 g/mol. The van der Waals surface area contributed by atoms with E-state index in [4.69, 9.17) is 4.74 Å². The van der Waals surface area contributed by atoms with Crippen molar-refractivity contribution in [1.82, 2.24) is 0 Å². The van der Waals surface area contributed by atoms with Crippen LogP contribution in [0.3, 0.4) is 0 Å². The maximum Gasteiger partial charge on any atom is 0.272 e. The predicted octanol–water partition coefficient (Wildman–Crippen LogP) is -2.08. The van der Waals surface area contributed by atoms with Crippen molar-refractivity contribution >= 4 is 17.3 Å². The molecule has 0 N–H and O–H groups in total. The molecule has 4 atom stereocenters. The Bertz CT molecular complexity index is 762. The second kappa shape index (κ2) is 4.49. The molecule has 1 aromatic carbocycles. The number of ether oxygens (including phenoxy) is 1. The van der Waals surface area contributed by atoms with E-state index >= 15 is 0 Å². The number of hydrogen-bond acceptors (Lipinski definition) is 7. The SMILES string of the molecule is O=C1C(=O)C2C3C=CC(O3)C2C1=O.O=c1ccc(=O)c1=O. The molecule has 3 aliphatic rings. The molecule has 0 radical (unpaired) electrons. The largest absolute Gasteiger partial charge is 0.365 e. The third-order valence-electron chi connectivity index (χ3n) is 3.79. The summed E-state index contributed by atoms with van der Waals surface area (Å²) in [5, 5.41) is 0. The van der Waals surface area contributed by atoms with Gasteiger partial charge in [-0.15, -0.1) is 0 Å². The number of ketones is 3. The van der Waals surface area contributed by atoms with E-state index in [0.29, 0.717) is 0 Å². The van der Waals surface area contributed by atoms with Gasteiger partial charge >= 0.3 is 0 Å². The molecular formula is C14H8O7. The fourth-order valence-corrected chi connectivity index (χ4v) is 2.78. The molecule has 0 aromatic heterocycles. The van der Waals surface area contributed by atoms with Gasteiger partial charge in [-0.05, 0) is 12.1 Å². The molecule has 4 rings (SSSR count). The average Bonchev–Trinajstić information content (AvgIpc) is 3.20. The Morgan fingerprint density at radius 2 is 1.14 bits per heavy atom. The number of hydrogen-bond donors (Lipinski definition) is 0. The summed E-state index contributed by atoms with van der Waals surface area (Å²) < 4.78 is 5.32. The molecule has 1 saturated carbocycles. The minimum atomic E-state index is -0.926. The molecular weight excluding hydrogens is 280 g/mol. The molecule has 4 unspecified atom stereocenters. The highest BCUT2D eigenvalue weighted by atomic mass is 16.5. The Kier molecular flexibility index (Phi) is 2.87. The molecule has 1 saturated heterocycles. The van der Waals surface area contributed by atoms with Crippen molar-refractivity contribution < 1.29 is 19.1 Å². The summed E-state index contributed by atoms with van der Waals surface area (Å²) in [6.45, 7) is 0. The van der Waals surface area contributed by atoms with Crippen LogP contribution in [0, 0.1) is 11.8 Å². The van der Waals surface area contributed by atoms with E-state index in [9.17, 15) is 28.8 Å².